The molecule has 3 N–H and O–H groups in total. The van der Waals surface area contributed by atoms with E-state index in [1.165, 1.54) is 6.07 Å². The third-order valence-electron chi connectivity index (χ3n) is 5.54. The number of anilines is 1. The first kappa shape index (κ1) is 21.0. The molecule has 3 rings (SSSR count). The zero-order valence-electron chi connectivity index (χ0n) is 16.1. The molecule has 0 spiro atoms. The minimum Gasteiger partial charge on any atom is -0.338 e. The summed E-state index contributed by atoms with van der Waals surface area (Å²) < 4.78 is 26.5. The Kier molecular flexibility index (Phi) is 6.99. The Bertz CT molecular complexity index is 798. The van der Waals surface area contributed by atoms with Gasteiger partial charge in [0.25, 0.3) is 0 Å². The van der Waals surface area contributed by atoms with Gasteiger partial charge in [-0.1, -0.05) is 0 Å². The monoisotopic (exact) mass is 405 g/mol. The number of benzene rings is 1. The van der Waals surface area contributed by atoms with Crippen LogP contribution in [-0.4, -0.2) is 48.6 Å². The maximum Gasteiger partial charge on any atom is 0.319 e. The Morgan fingerprint density at radius 3 is 2.83 bits per heavy atom. The fourth-order valence-corrected chi connectivity index (χ4v) is 3.97. The predicted octanol–water partition coefficient (Wildman–Crippen LogP) is 2.36. The third-order valence-corrected chi connectivity index (χ3v) is 5.54. The van der Waals surface area contributed by atoms with Crippen molar-refractivity contribution in [3.63, 3.8) is 0 Å². The number of carbonyl (C=O) groups is 2. The summed E-state index contributed by atoms with van der Waals surface area (Å²) in [6.45, 7) is 1.29. The SMILES string of the molecule is N#C[C@@H]1CCCN1C(=O)CN[C@@H]1CCC(CNC(=O)Nc2ccc(F)cc2F)C1. The average Bonchev–Trinajstić information content (AvgIpc) is 3.36. The normalized spacial score (nSPS) is 23.6. The van der Waals surface area contributed by atoms with Crippen molar-refractivity contribution in [2.75, 3.05) is 25.0 Å². The number of nitriles is 1. The molecule has 7 nitrogen and oxygen atoms in total. The first-order valence-electron chi connectivity index (χ1n) is 9.88. The summed E-state index contributed by atoms with van der Waals surface area (Å²) in [5.41, 5.74) is -0.0778. The Morgan fingerprint density at radius 2 is 2.07 bits per heavy atom. The molecule has 2 fully saturated rings. The molecule has 29 heavy (non-hydrogen) atoms. The van der Waals surface area contributed by atoms with Crippen LogP contribution in [0.2, 0.25) is 0 Å². The minimum atomic E-state index is -0.827. The van der Waals surface area contributed by atoms with E-state index in [-0.39, 0.29) is 36.1 Å². The van der Waals surface area contributed by atoms with Gasteiger partial charge < -0.3 is 20.9 Å². The smallest absolute Gasteiger partial charge is 0.319 e. The highest BCUT2D eigenvalue weighted by atomic mass is 19.1. The van der Waals surface area contributed by atoms with Crippen molar-refractivity contribution in [1.82, 2.24) is 15.5 Å². The second-order valence-corrected chi connectivity index (χ2v) is 7.59. The van der Waals surface area contributed by atoms with E-state index in [1.54, 1.807) is 4.90 Å². The predicted molar refractivity (Wildman–Crippen MR) is 103 cm³/mol. The number of nitrogens with zero attached hydrogens (tertiary/aromatic N) is 2. The Hall–Kier alpha value is -2.73. The van der Waals surface area contributed by atoms with Crippen molar-refractivity contribution in [2.45, 2.75) is 44.2 Å². The molecule has 1 aliphatic carbocycles. The maximum absolute atomic E-state index is 13.6. The van der Waals surface area contributed by atoms with Crippen molar-refractivity contribution in [3.8, 4) is 6.07 Å². The van der Waals surface area contributed by atoms with Gasteiger partial charge in [0.15, 0.2) is 0 Å². The van der Waals surface area contributed by atoms with Gasteiger partial charge >= 0.3 is 6.03 Å². The fourth-order valence-electron chi connectivity index (χ4n) is 3.97. The molecule has 1 aliphatic heterocycles. The van der Waals surface area contributed by atoms with Crippen LogP contribution in [0.15, 0.2) is 18.2 Å². The number of nitrogens with one attached hydrogen (secondary N) is 3. The molecule has 0 aromatic heterocycles. The van der Waals surface area contributed by atoms with E-state index in [0.717, 1.165) is 38.2 Å². The summed E-state index contributed by atoms with van der Waals surface area (Å²) in [6, 6.07) is 4.47. The zero-order chi connectivity index (χ0) is 20.8. The first-order valence-corrected chi connectivity index (χ1v) is 9.88. The highest BCUT2D eigenvalue weighted by Crippen LogP contribution is 2.25. The van der Waals surface area contributed by atoms with Gasteiger partial charge in [0, 0.05) is 25.2 Å². The number of halogens is 2. The molecule has 1 saturated carbocycles. The quantitative estimate of drug-likeness (QED) is 0.677. The topological polar surface area (TPSA) is 97.3 Å². The van der Waals surface area contributed by atoms with Crippen LogP contribution in [0.25, 0.3) is 0 Å². The van der Waals surface area contributed by atoms with E-state index >= 15 is 0 Å². The van der Waals surface area contributed by atoms with Crippen LogP contribution in [-0.2, 0) is 4.79 Å². The number of likely N-dealkylation sites (tertiary alicyclic amines) is 1. The van der Waals surface area contributed by atoms with Crippen LogP contribution in [0, 0.1) is 28.9 Å². The molecule has 1 aromatic rings. The summed E-state index contributed by atoms with van der Waals surface area (Å²) in [5.74, 6) is -1.32. The molecule has 1 heterocycles. The molecule has 9 heteroatoms. The molecule has 156 valence electrons. The van der Waals surface area contributed by atoms with Crippen molar-refractivity contribution in [3.05, 3.63) is 29.8 Å². The minimum absolute atomic E-state index is 0.0451. The lowest BCUT2D eigenvalue weighted by atomic mass is 10.1. The summed E-state index contributed by atoms with van der Waals surface area (Å²) in [5, 5.41) is 17.4. The summed E-state index contributed by atoms with van der Waals surface area (Å²) in [7, 11) is 0. The van der Waals surface area contributed by atoms with Gasteiger partial charge in [-0.15, -0.1) is 0 Å². The highest BCUT2D eigenvalue weighted by Gasteiger charge is 2.30. The fraction of sp³-hybridized carbons (Fsp3) is 0.550. The van der Waals surface area contributed by atoms with Crippen molar-refractivity contribution in [2.24, 2.45) is 5.92 Å². The van der Waals surface area contributed by atoms with E-state index in [9.17, 15) is 18.4 Å². The molecule has 2 aliphatic rings. The number of hydrogen-bond donors (Lipinski definition) is 3. The molecule has 0 bridgehead atoms. The lowest BCUT2D eigenvalue weighted by molar-refractivity contribution is -0.130. The van der Waals surface area contributed by atoms with Crippen LogP contribution in [0.4, 0.5) is 19.3 Å². The van der Waals surface area contributed by atoms with E-state index in [1.807, 2.05) is 0 Å². The van der Waals surface area contributed by atoms with Crippen molar-refractivity contribution >= 4 is 17.6 Å². The Morgan fingerprint density at radius 1 is 1.24 bits per heavy atom. The summed E-state index contributed by atoms with van der Waals surface area (Å²) in [6.07, 6.45) is 4.23. The van der Waals surface area contributed by atoms with E-state index in [0.29, 0.717) is 19.2 Å². The average molecular weight is 405 g/mol. The van der Waals surface area contributed by atoms with Gasteiger partial charge in [-0.25, -0.2) is 13.6 Å². The second kappa shape index (κ2) is 9.65. The summed E-state index contributed by atoms with van der Waals surface area (Å²) >= 11 is 0. The number of hydrogen-bond acceptors (Lipinski definition) is 4. The van der Waals surface area contributed by atoms with Gasteiger partial charge in [-0.3, -0.25) is 4.79 Å². The molecule has 3 amide bonds. The maximum atomic E-state index is 13.6. The van der Waals surface area contributed by atoms with Gasteiger partial charge in [0.05, 0.1) is 18.3 Å². The second-order valence-electron chi connectivity index (χ2n) is 7.59. The van der Waals surface area contributed by atoms with E-state index in [2.05, 4.69) is 22.0 Å². The van der Waals surface area contributed by atoms with Crippen LogP contribution >= 0.6 is 0 Å². The van der Waals surface area contributed by atoms with Crippen LogP contribution in [0.5, 0.6) is 0 Å². The third kappa shape index (κ3) is 5.64. The number of amides is 3. The van der Waals surface area contributed by atoms with Gasteiger partial charge in [0.2, 0.25) is 5.91 Å². The molecular weight excluding hydrogens is 380 g/mol. The van der Waals surface area contributed by atoms with Crippen LogP contribution in [0.3, 0.4) is 0 Å². The molecule has 0 radical (unpaired) electrons. The molecular formula is C20H25F2N5O2. The van der Waals surface area contributed by atoms with Crippen molar-refractivity contribution < 1.29 is 18.4 Å². The van der Waals surface area contributed by atoms with Gasteiger partial charge in [-0.05, 0) is 50.2 Å². The zero-order valence-corrected chi connectivity index (χ0v) is 16.1. The highest BCUT2D eigenvalue weighted by molar-refractivity contribution is 5.89. The van der Waals surface area contributed by atoms with Crippen molar-refractivity contribution in [1.29, 1.82) is 5.26 Å². The Labute approximate surface area is 168 Å². The largest absolute Gasteiger partial charge is 0.338 e. The number of rotatable bonds is 6. The first-order chi connectivity index (χ1) is 14.0. The molecule has 1 aromatic carbocycles. The molecule has 3 atom stereocenters. The van der Waals surface area contributed by atoms with Crippen LogP contribution in [0.1, 0.15) is 32.1 Å². The Balaban J connectivity index is 1.36. The lowest BCUT2D eigenvalue weighted by Crippen LogP contribution is -2.43. The standard InChI is InChI=1S/C20H25F2N5O2/c21-14-4-6-18(17(22)9-14)26-20(29)25-11-13-3-5-15(8-13)24-12-19(28)27-7-1-2-16(27)10-23/h4,6,9,13,15-16,24H,1-3,5,7-8,11-12H2,(H2,25,26,29)/t13?,15-,16+/m1/s1. The van der Waals surface area contributed by atoms with E-state index < -0.39 is 17.7 Å². The van der Waals surface area contributed by atoms with Gasteiger partial charge in [0.1, 0.15) is 17.7 Å². The van der Waals surface area contributed by atoms with Gasteiger partial charge in [-0.2, -0.15) is 5.26 Å². The molecule has 1 saturated heterocycles. The summed E-state index contributed by atoms with van der Waals surface area (Å²) in [4.78, 5) is 25.9. The van der Waals surface area contributed by atoms with Crippen LogP contribution < -0.4 is 16.0 Å². The lowest BCUT2D eigenvalue weighted by Gasteiger charge is -2.21. The van der Waals surface area contributed by atoms with E-state index in [4.69, 9.17) is 5.26 Å². The number of urea groups is 1. The number of carbonyl (C=O) groups excluding carboxylic acids is 2. The molecule has 1 unspecified atom stereocenters.